The van der Waals surface area contributed by atoms with Gasteiger partial charge < -0.3 is 10.4 Å². The van der Waals surface area contributed by atoms with Crippen molar-refractivity contribution < 1.29 is 14.8 Å². The number of para-hydroxylation sites is 1. The molecular formula is C13H11ClN2O4S. The van der Waals surface area contributed by atoms with E-state index in [1.807, 2.05) is 0 Å². The summed E-state index contributed by atoms with van der Waals surface area (Å²) < 4.78 is 0.601. The van der Waals surface area contributed by atoms with E-state index in [1.165, 1.54) is 23.5 Å². The number of phenolic OH excluding ortho intramolecular Hbond substituents is 1. The third kappa shape index (κ3) is 3.32. The first-order chi connectivity index (χ1) is 9.90. The fourth-order valence-corrected chi connectivity index (χ4v) is 2.83. The van der Waals surface area contributed by atoms with E-state index < -0.39 is 22.3 Å². The highest BCUT2D eigenvalue weighted by molar-refractivity contribution is 7.16. The zero-order chi connectivity index (χ0) is 15.6. The maximum Gasteiger partial charge on any atom is 0.311 e. The standard InChI is InChI=1S/C13H11ClN2O4S/c1-7(10-5-6-11(14)21-10)15-13(18)8-3-2-4-9(12(8)17)16(19)20/h2-7,17H,1H3,(H,15,18). The van der Waals surface area contributed by atoms with E-state index in [0.717, 1.165) is 10.9 Å². The number of hydrogen-bond donors (Lipinski definition) is 2. The zero-order valence-corrected chi connectivity index (χ0v) is 12.4. The molecule has 6 nitrogen and oxygen atoms in total. The Balaban J connectivity index is 2.21. The first-order valence-electron chi connectivity index (χ1n) is 5.92. The van der Waals surface area contributed by atoms with E-state index >= 15 is 0 Å². The van der Waals surface area contributed by atoms with Gasteiger partial charge in [0, 0.05) is 10.9 Å². The molecule has 0 saturated carbocycles. The van der Waals surface area contributed by atoms with Gasteiger partial charge in [0.05, 0.1) is 20.9 Å². The quantitative estimate of drug-likeness (QED) is 0.664. The number of carbonyl (C=O) groups is 1. The highest BCUT2D eigenvalue weighted by Crippen LogP contribution is 2.30. The highest BCUT2D eigenvalue weighted by Gasteiger charge is 2.22. The van der Waals surface area contributed by atoms with Gasteiger partial charge >= 0.3 is 5.69 Å². The number of nitrogens with one attached hydrogen (secondary N) is 1. The molecular weight excluding hydrogens is 316 g/mol. The van der Waals surface area contributed by atoms with Crippen LogP contribution in [0.1, 0.15) is 28.2 Å². The number of nitro benzene ring substituents is 1. The lowest BCUT2D eigenvalue weighted by atomic mass is 10.1. The first-order valence-corrected chi connectivity index (χ1v) is 7.12. The number of nitro groups is 1. The molecule has 1 unspecified atom stereocenters. The van der Waals surface area contributed by atoms with Crippen molar-refractivity contribution >= 4 is 34.5 Å². The van der Waals surface area contributed by atoms with Crippen LogP contribution in [-0.2, 0) is 0 Å². The fraction of sp³-hybridized carbons (Fsp3) is 0.154. The van der Waals surface area contributed by atoms with Crippen LogP contribution in [0.2, 0.25) is 4.34 Å². The minimum absolute atomic E-state index is 0.140. The summed E-state index contributed by atoms with van der Waals surface area (Å²) in [5, 5.41) is 23.2. The smallest absolute Gasteiger partial charge is 0.311 e. The summed E-state index contributed by atoms with van der Waals surface area (Å²) in [5.74, 6) is -1.23. The monoisotopic (exact) mass is 326 g/mol. The number of phenols is 1. The number of aromatic hydroxyl groups is 1. The summed E-state index contributed by atoms with van der Waals surface area (Å²) in [6, 6.07) is 6.98. The van der Waals surface area contributed by atoms with Gasteiger partial charge in [-0.1, -0.05) is 17.7 Å². The summed E-state index contributed by atoms with van der Waals surface area (Å²) in [7, 11) is 0. The molecule has 1 aromatic heterocycles. The van der Waals surface area contributed by atoms with Crippen molar-refractivity contribution in [2.75, 3.05) is 0 Å². The maximum atomic E-state index is 12.1. The molecule has 2 rings (SSSR count). The molecule has 0 aliphatic heterocycles. The Kier molecular flexibility index (Phi) is 4.44. The number of halogens is 1. The molecule has 0 aliphatic carbocycles. The van der Waals surface area contributed by atoms with Crippen molar-refractivity contribution in [3.05, 3.63) is 55.2 Å². The predicted molar refractivity (Wildman–Crippen MR) is 80.0 cm³/mol. The molecule has 0 bridgehead atoms. The van der Waals surface area contributed by atoms with E-state index in [4.69, 9.17) is 11.6 Å². The number of hydrogen-bond acceptors (Lipinski definition) is 5. The van der Waals surface area contributed by atoms with Gasteiger partial charge in [0.1, 0.15) is 0 Å². The average molecular weight is 327 g/mol. The largest absolute Gasteiger partial charge is 0.502 e. The molecule has 0 fully saturated rings. The van der Waals surface area contributed by atoms with Gasteiger partial charge in [-0.15, -0.1) is 11.3 Å². The lowest BCUT2D eigenvalue weighted by molar-refractivity contribution is -0.385. The van der Waals surface area contributed by atoms with Crippen LogP contribution in [0, 0.1) is 10.1 Å². The fourth-order valence-electron chi connectivity index (χ4n) is 1.77. The number of amides is 1. The summed E-state index contributed by atoms with van der Waals surface area (Å²) in [5.41, 5.74) is -0.645. The Hall–Kier alpha value is -2.12. The zero-order valence-electron chi connectivity index (χ0n) is 10.9. The Morgan fingerprint density at radius 2 is 2.14 bits per heavy atom. The molecule has 1 atom stereocenters. The van der Waals surface area contributed by atoms with Crippen LogP contribution in [-0.4, -0.2) is 15.9 Å². The van der Waals surface area contributed by atoms with Crippen molar-refractivity contribution in [3.8, 4) is 5.75 Å². The van der Waals surface area contributed by atoms with Crippen molar-refractivity contribution in [1.29, 1.82) is 0 Å². The lowest BCUT2D eigenvalue weighted by Crippen LogP contribution is -2.26. The van der Waals surface area contributed by atoms with Gasteiger partial charge in [0.2, 0.25) is 5.75 Å². The van der Waals surface area contributed by atoms with Gasteiger partial charge in [-0.3, -0.25) is 14.9 Å². The Bertz CT molecular complexity index is 701. The van der Waals surface area contributed by atoms with Crippen LogP contribution in [0.3, 0.4) is 0 Å². The van der Waals surface area contributed by atoms with Crippen molar-refractivity contribution in [3.63, 3.8) is 0 Å². The molecule has 1 amide bonds. The molecule has 0 aliphatic rings. The minimum Gasteiger partial charge on any atom is -0.502 e. The molecule has 2 aromatic rings. The number of nitrogens with zero attached hydrogens (tertiary/aromatic N) is 1. The SMILES string of the molecule is CC(NC(=O)c1cccc([N+](=O)[O-])c1O)c1ccc(Cl)s1. The molecule has 8 heteroatoms. The van der Waals surface area contributed by atoms with Crippen molar-refractivity contribution in [2.45, 2.75) is 13.0 Å². The van der Waals surface area contributed by atoms with Crippen molar-refractivity contribution in [2.24, 2.45) is 0 Å². The van der Waals surface area contributed by atoms with Gasteiger partial charge in [0.25, 0.3) is 5.91 Å². The summed E-state index contributed by atoms with van der Waals surface area (Å²) in [6.07, 6.45) is 0. The molecule has 0 spiro atoms. The molecule has 2 N–H and O–H groups in total. The van der Waals surface area contributed by atoms with Crippen LogP contribution in [0.5, 0.6) is 5.75 Å². The number of carbonyl (C=O) groups excluding carboxylic acids is 1. The topological polar surface area (TPSA) is 92.5 Å². The number of rotatable bonds is 4. The lowest BCUT2D eigenvalue weighted by Gasteiger charge is -2.12. The van der Waals surface area contributed by atoms with Crippen LogP contribution in [0.25, 0.3) is 0 Å². The summed E-state index contributed by atoms with van der Waals surface area (Å²) in [6.45, 7) is 1.76. The summed E-state index contributed by atoms with van der Waals surface area (Å²) >= 11 is 7.15. The molecule has 0 radical (unpaired) electrons. The third-order valence-corrected chi connectivity index (χ3v) is 4.24. The molecule has 1 heterocycles. The number of benzene rings is 1. The van der Waals surface area contributed by atoms with E-state index in [9.17, 15) is 20.0 Å². The Morgan fingerprint density at radius 3 is 2.71 bits per heavy atom. The molecule has 21 heavy (non-hydrogen) atoms. The minimum atomic E-state index is -0.741. The Morgan fingerprint density at radius 1 is 1.43 bits per heavy atom. The van der Waals surface area contributed by atoms with E-state index in [0.29, 0.717) is 4.34 Å². The third-order valence-electron chi connectivity index (χ3n) is 2.82. The van der Waals surface area contributed by atoms with Crippen LogP contribution < -0.4 is 5.32 Å². The molecule has 110 valence electrons. The van der Waals surface area contributed by atoms with Crippen molar-refractivity contribution in [1.82, 2.24) is 5.32 Å². The normalized spacial score (nSPS) is 11.9. The Labute approximate surface area is 129 Å². The maximum absolute atomic E-state index is 12.1. The average Bonchev–Trinajstić information content (AvgIpc) is 2.85. The van der Waals surface area contributed by atoms with Gasteiger partial charge in [-0.05, 0) is 25.1 Å². The second-order valence-electron chi connectivity index (χ2n) is 4.27. The highest BCUT2D eigenvalue weighted by atomic mass is 35.5. The van der Waals surface area contributed by atoms with Gasteiger partial charge in [0.15, 0.2) is 0 Å². The van der Waals surface area contributed by atoms with Gasteiger partial charge in [-0.2, -0.15) is 0 Å². The first kappa shape index (κ1) is 15.3. The van der Waals surface area contributed by atoms with Gasteiger partial charge in [-0.25, -0.2) is 0 Å². The molecule has 1 aromatic carbocycles. The van der Waals surface area contributed by atoms with E-state index in [2.05, 4.69) is 5.32 Å². The van der Waals surface area contributed by atoms with Crippen LogP contribution in [0.15, 0.2) is 30.3 Å². The van der Waals surface area contributed by atoms with E-state index in [1.54, 1.807) is 19.1 Å². The molecule has 0 saturated heterocycles. The van der Waals surface area contributed by atoms with Crippen LogP contribution >= 0.6 is 22.9 Å². The summed E-state index contributed by atoms with van der Waals surface area (Å²) in [4.78, 5) is 23.0. The second kappa shape index (κ2) is 6.11. The second-order valence-corrected chi connectivity index (χ2v) is 6.01. The number of thiophene rings is 1. The predicted octanol–water partition coefficient (Wildman–Crippen LogP) is 3.51. The van der Waals surface area contributed by atoms with Crippen LogP contribution in [0.4, 0.5) is 5.69 Å². The van der Waals surface area contributed by atoms with E-state index in [-0.39, 0.29) is 11.6 Å².